The van der Waals surface area contributed by atoms with Crippen LogP contribution < -0.4 is 5.32 Å². The molecule has 0 rings (SSSR count). The van der Waals surface area contributed by atoms with Crippen LogP contribution in [0.25, 0.3) is 0 Å². The maximum Gasteiger partial charge on any atom is 0.220 e. The van der Waals surface area contributed by atoms with Gasteiger partial charge < -0.3 is 15.5 Å². The molecular formula is C59H117NO3. The normalized spacial score (nSPS) is 12.8. The van der Waals surface area contributed by atoms with Crippen molar-refractivity contribution in [2.75, 3.05) is 6.61 Å². The highest BCUT2D eigenvalue weighted by atomic mass is 16.3. The monoisotopic (exact) mass is 888 g/mol. The lowest BCUT2D eigenvalue weighted by Crippen LogP contribution is -2.45. The zero-order valence-corrected chi connectivity index (χ0v) is 43.4. The first-order valence-electron chi connectivity index (χ1n) is 29.4. The van der Waals surface area contributed by atoms with Crippen molar-refractivity contribution in [1.82, 2.24) is 5.32 Å². The Hall–Kier alpha value is -0.870. The number of hydrogen-bond donors (Lipinski definition) is 3. The van der Waals surface area contributed by atoms with E-state index in [0.717, 1.165) is 25.7 Å². The van der Waals surface area contributed by atoms with E-state index in [2.05, 4.69) is 31.3 Å². The zero-order valence-electron chi connectivity index (χ0n) is 43.4. The lowest BCUT2D eigenvalue weighted by atomic mass is 10.0. The van der Waals surface area contributed by atoms with Crippen molar-refractivity contribution >= 4 is 5.91 Å². The van der Waals surface area contributed by atoms with Crippen LogP contribution in [0.4, 0.5) is 0 Å². The molecule has 0 aliphatic rings. The van der Waals surface area contributed by atoms with E-state index in [-0.39, 0.29) is 12.5 Å². The lowest BCUT2D eigenvalue weighted by molar-refractivity contribution is -0.123. The molecule has 0 aliphatic carbocycles. The average molecular weight is 889 g/mol. The minimum Gasteiger partial charge on any atom is -0.394 e. The van der Waals surface area contributed by atoms with Gasteiger partial charge in [-0.2, -0.15) is 0 Å². The molecule has 0 saturated carbocycles. The molecule has 0 bridgehead atoms. The molecule has 0 aliphatic heterocycles. The van der Waals surface area contributed by atoms with Crippen molar-refractivity contribution in [2.45, 2.75) is 353 Å². The van der Waals surface area contributed by atoms with Crippen molar-refractivity contribution in [3.8, 4) is 0 Å². The predicted molar refractivity (Wildman–Crippen MR) is 281 cm³/mol. The number of nitrogens with one attached hydrogen (secondary N) is 1. The molecule has 0 aromatic rings. The molecule has 0 aromatic heterocycles. The molecule has 0 spiro atoms. The molecule has 63 heavy (non-hydrogen) atoms. The second kappa shape index (κ2) is 55.5. The quantitative estimate of drug-likeness (QED) is 0.0421. The molecule has 376 valence electrons. The molecular weight excluding hydrogens is 771 g/mol. The van der Waals surface area contributed by atoms with Crippen molar-refractivity contribution in [1.29, 1.82) is 0 Å². The van der Waals surface area contributed by atoms with Crippen LogP contribution in [0.5, 0.6) is 0 Å². The smallest absolute Gasteiger partial charge is 0.220 e. The number of hydrogen-bond acceptors (Lipinski definition) is 3. The fraction of sp³-hybridized carbons (Fsp3) is 0.949. The minimum atomic E-state index is -0.658. The molecule has 0 heterocycles. The van der Waals surface area contributed by atoms with Crippen molar-refractivity contribution in [3.05, 3.63) is 12.2 Å². The van der Waals surface area contributed by atoms with E-state index < -0.39 is 12.1 Å². The summed E-state index contributed by atoms with van der Waals surface area (Å²) < 4.78 is 0. The minimum absolute atomic E-state index is 0.0244. The van der Waals surface area contributed by atoms with Gasteiger partial charge >= 0.3 is 0 Å². The highest BCUT2D eigenvalue weighted by Crippen LogP contribution is 2.18. The Bertz CT molecular complexity index is 875. The van der Waals surface area contributed by atoms with Crippen LogP contribution in [-0.2, 0) is 4.79 Å². The third kappa shape index (κ3) is 52.0. The first-order valence-corrected chi connectivity index (χ1v) is 29.4. The van der Waals surface area contributed by atoms with Gasteiger partial charge in [-0.1, -0.05) is 309 Å². The number of allylic oxidation sites excluding steroid dienone is 2. The highest BCUT2D eigenvalue weighted by Gasteiger charge is 2.20. The molecule has 0 saturated heterocycles. The van der Waals surface area contributed by atoms with Gasteiger partial charge in [0.2, 0.25) is 5.91 Å². The molecule has 4 nitrogen and oxygen atoms in total. The number of amides is 1. The molecule has 2 unspecified atom stereocenters. The third-order valence-corrected chi connectivity index (χ3v) is 14.0. The SMILES string of the molecule is CCCCCCCCCC/C=C\CCCCCCCCCCCCCCCC(=O)NC(CO)C(O)CCCCCCCCCCCCCCCCCCCCCCCCCCCC. The standard InChI is InChI=1S/C59H117NO3/c1-3-5-7-9-11-13-15-17-19-21-23-25-27-29-31-32-34-36-38-40-42-44-46-48-50-52-54-58(62)57(56-61)60-59(63)55-53-51-49-47-45-43-41-39-37-35-33-30-28-26-24-22-20-18-16-14-12-10-8-6-4-2/h22,24,57-58,61-62H,3-21,23,25-56H2,1-2H3,(H,60,63)/b24-22-. The number of carbonyl (C=O) groups excluding carboxylic acids is 1. The molecule has 0 aromatic carbocycles. The third-order valence-electron chi connectivity index (χ3n) is 14.0. The fourth-order valence-electron chi connectivity index (χ4n) is 9.54. The summed E-state index contributed by atoms with van der Waals surface area (Å²) in [7, 11) is 0. The Morgan fingerprint density at radius 3 is 0.873 bits per heavy atom. The van der Waals surface area contributed by atoms with Gasteiger partial charge in [-0.05, 0) is 38.5 Å². The summed E-state index contributed by atoms with van der Waals surface area (Å²) in [5, 5.41) is 23.4. The van der Waals surface area contributed by atoms with E-state index in [0.29, 0.717) is 12.8 Å². The van der Waals surface area contributed by atoms with Crippen molar-refractivity contribution in [3.63, 3.8) is 0 Å². The van der Waals surface area contributed by atoms with Crippen LogP contribution in [0.2, 0.25) is 0 Å². The molecule has 3 N–H and O–H groups in total. The summed E-state index contributed by atoms with van der Waals surface area (Å²) in [5.74, 6) is -0.0244. The van der Waals surface area contributed by atoms with Crippen LogP contribution in [0.3, 0.4) is 0 Å². The van der Waals surface area contributed by atoms with E-state index in [1.165, 1.54) is 289 Å². The molecule has 1 amide bonds. The van der Waals surface area contributed by atoms with Gasteiger partial charge in [0.25, 0.3) is 0 Å². The number of unbranched alkanes of at least 4 members (excludes halogenated alkanes) is 46. The summed E-state index contributed by atoms with van der Waals surface area (Å²) in [5.41, 5.74) is 0. The first-order chi connectivity index (χ1) is 31.2. The second-order valence-corrected chi connectivity index (χ2v) is 20.4. The maximum absolute atomic E-state index is 12.5. The average Bonchev–Trinajstić information content (AvgIpc) is 3.29. The summed E-state index contributed by atoms with van der Waals surface area (Å²) >= 11 is 0. The first kappa shape index (κ1) is 62.1. The van der Waals surface area contributed by atoms with E-state index >= 15 is 0 Å². The molecule has 2 atom stereocenters. The van der Waals surface area contributed by atoms with Crippen LogP contribution in [0.15, 0.2) is 12.2 Å². The molecule has 4 heteroatoms. The highest BCUT2D eigenvalue weighted by molar-refractivity contribution is 5.76. The summed E-state index contributed by atoms with van der Waals surface area (Å²) in [6, 6.07) is -0.534. The predicted octanol–water partition coefficient (Wildman–Crippen LogP) is 19.3. The Morgan fingerprint density at radius 2 is 0.603 bits per heavy atom. The van der Waals surface area contributed by atoms with Crippen LogP contribution in [-0.4, -0.2) is 34.9 Å². The van der Waals surface area contributed by atoms with Crippen molar-refractivity contribution < 1.29 is 15.0 Å². The van der Waals surface area contributed by atoms with Crippen molar-refractivity contribution in [2.24, 2.45) is 0 Å². The van der Waals surface area contributed by atoms with E-state index in [9.17, 15) is 15.0 Å². The van der Waals surface area contributed by atoms with Gasteiger partial charge in [-0.15, -0.1) is 0 Å². The van der Waals surface area contributed by atoms with Gasteiger partial charge in [0, 0.05) is 6.42 Å². The van der Waals surface area contributed by atoms with Gasteiger partial charge in [-0.25, -0.2) is 0 Å². The Balaban J connectivity index is 3.41. The molecule has 0 radical (unpaired) electrons. The topological polar surface area (TPSA) is 69.6 Å². The maximum atomic E-state index is 12.5. The van der Waals surface area contributed by atoms with E-state index in [4.69, 9.17) is 0 Å². The van der Waals surface area contributed by atoms with Crippen LogP contribution in [0.1, 0.15) is 341 Å². The van der Waals surface area contributed by atoms with Gasteiger partial charge in [0.05, 0.1) is 18.8 Å². The second-order valence-electron chi connectivity index (χ2n) is 20.4. The van der Waals surface area contributed by atoms with Gasteiger partial charge in [-0.3, -0.25) is 4.79 Å². The summed E-state index contributed by atoms with van der Waals surface area (Å²) in [6.45, 7) is 4.40. The largest absolute Gasteiger partial charge is 0.394 e. The number of rotatable bonds is 55. The van der Waals surface area contributed by atoms with E-state index in [1.54, 1.807) is 0 Å². The van der Waals surface area contributed by atoms with Crippen LogP contribution in [0, 0.1) is 0 Å². The van der Waals surface area contributed by atoms with E-state index in [1.807, 2.05) is 0 Å². The lowest BCUT2D eigenvalue weighted by Gasteiger charge is -2.22. The summed E-state index contributed by atoms with van der Waals surface area (Å²) in [6.07, 6.45) is 72.1. The Morgan fingerprint density at radius 1 is 0.365 bits per heavy atom. The van der Waals surface area contributed by atoms with Crippen LogP contribution >= 0.6 is 0 Å². The number of aliphatic hydroxyl groups is 2. The number of aliphatic hydroxyl groups excluding tert-OH is 2. The number of carbonyl (C=O) groups is 1. The Labute approximate surface area is 397 Å². The van der Waals surface area contributed by atoms with Gasteiger partial charge in [0.15, 0.2) is 0 Å². The van der Waals surface area contributed by atoms with Gasteiger partial charge in [0.1, 0.15) is 0 Å². The zero-order chi connectivity index (χ0) is 45.6. The fourth-order valence-corrected chi connectivity index (χ4v) is 9.54. The molecule has 0 fully saturated rings. The summed E-state index contributed by atoms with van der Waals surface area (Å²) in [4.78, 5) is 12.5. The Kier molecular flexibility index (Phi) is 54.7.